The topological polar surface area (TPSA) is 74.8 Å². The zero-order chi connectivity index (χ0) is 21.7. The first kappa shape index (κ1) is 22.7. The number of rotatable bonds is 7. The van der Waals surface area contributed by atoms with Crippen LogP contribution >= 0.6 is 0 Å². The van der Waals surface area contributed by atoms with E-state index in [1.165, 1.54) is 37.4 Å². The summed E-state index contributed by atoms with van der Waals surface area (Å²) >= 11 is 0. The van der Waals surface area contributed by atoms with Gasteiger partial charge in [-0.2, -0.15) is 4.31 Å². The van der Waals surface area contributed by atoms with E-state index in [-0.39, 0.29) is 22.9 Å². The maximum atomic E-state index is 12.8. The van der Waals surface area contributed by atoms with E-state index < -0.39 is 20.0 Å². The summed E-state index contributed by atoms with van der Waals surface area (Å²) in [5.74, 6) is 2.64. The van der Waals surface area contributed by atoms with E-state index in [0.717, 1.165) is 19.7 Å². The van der Waals surface area contributed by atoms with Gasteiger partial charge in [-0.25, -0.2) is 21.1 Å². The molecule has 2 aromatic rings. The second kappa shape index (κ2) is 9.27. The minimum atomic E-state index is -3.79. The first-order valence-corrected chi connectivity index (χ1v) is 11.7. The van der Waals surface area contributed by atoms with Crippen molar-refractivity contribution in [1.82, 2.24) is 8.61 Å². The maximum absolute atomic E-state index is 12.8. The molecule has 0 radical (unpaired) electrons. The summed E-state index contributed by atoms with van der Waals surface area (Å²) in [5, 5.41) is 0. The molecule has 2 aromatic carbocycles. The van der Waals surface area contributed by atoms with Gasteiger partial charge in [0, 0.05) is 19.6 Å². The van der Waals surface area contributed by atoms with Gasteiger partial charge >= 0.3 is 0 Å². The summed E-state index contributed by atoms with van der Waals surface area (Å²) in [5.41, 5.74) is 1.89. The van der Waals surface area contributed by atoms with Crippen LogP contribution < -0.4 is 0 Å². The summed E-state index contributed by atoms with van der Waals surface area (Å²) in [6.45, 7) is 7.21. The molecule has 0 aliphatic carbocycles. The standard InChI is InChI=1S/C21H24N2O4S2/c1-5-15-23(29(26,27)21-13-9-19(3)10-14-21)17-6-16-22(4)28(24,25)20-11-7-18(2)8-12-20/h5,7-14H,1,15,17H2,2-4H3. The van der Waals surface area contributed by atoms with Crippen molar-refractivity contribution < 1.29 is 16.8 Å². The molecule has 0 aliphatic rings. The Morgan fingerprint density at radius 2 is 1.31 bits per heavy atom. The molecule has 0 spiro atoms. The predicted octanol–water partition coefficient (Wildman–Crippen LogP) is 2.76. The van der Waals surface area contributed by atoms with Gasteiger partial charge in [0.25, 0.3) is 10.0 Å². The van der Waals surface area contributed by atoms with Crippen LogP contribution in [0.15, 0.2) is 71.0 Å². The van der Waals surface area contributed by atoms with Crippen molar-refractivity contribution in [2.75, 3.05) is 20.1 Å². The molecule has 29 heavy (non-hydrogen) atoms. The van der Waals surface area contributed by atoms with Crippen LogP contribution in [0.4, 0.5) is 0 Å². The van der Waals surface area contributed by atoms with Crippen LogP contribution in [0.3, 0.4) is 0 Å². The number of hydrogen-bond acceptors (Lipinski definition) is 4. The molecule has 0 bridgehead atoms. The monoisotopic (exact) mass is 432 g/mol. The minimum Gasteiger partial charge on any atom is -0.228 e. The normalized spacial score (nSPS) is 11.6. The molecule has 0 atom stereocenters. The zero-order valence-electron chi connectivity index (χ0n) is 16.7. The van der Waals surface area contributed by atoms with E-state index in [1.807, 2.05) is 13.8 Å². The fourth-order valence-corrected chi connectivity index (χ4v) is 4.71. The van der Waals surface area contributed by atoms with Crippen molar-refractivity contribution in [3.8, 4) is 12.0 Å². The van der Waals surface area contributed by atoms with Gasteiger partial charge in [-0.1, -0.05) is 47.4 Å². The Morgan fingerprint density at radius 1 is 0.862 bits per heavy atom. The summed E-state index contributed by atoms with van der Waals surface area (Å²) in [6, 6.07) is 15.4. The molecule has 0 saturated carbocycles. The Labute approximate surface area is 173 Å². The van der Waals surface area contributed by atoms with Gasteiger partial charge in [-0.15, -0.1) is 6.58 Å². The van der Waals surface area contributed by atoms with Gasteiger partial charge in [0.05, 0.1) is 16.3 Å². The van der Waals surface area contributed by atoms with Gasteiger partial charge in [0.2, 0.25) is 10.0 Å². The molecule has 6 nitrogen and oxygen atoms in total. The Balaban J connectivity index is 2.23. The molecule has 2 rings (SSSR count). The van der Waals surface area contributed by atoms with E-state index in [9.17, 15) is 16.8 Å². The molecule has 8 heteroatoms. The van der Waals surface area contributed by atoms with Gasteiger partial charge in [-0.05, 0) is 38.1 Å². The number of benzene rings is 2. The molecular weight excluding hydrogens is 408 g/mol. The van der Waals surface area contributed by atoms with Crippen molar-refractivity contribution in [2.24, 2.45) is 0 Å². The molecule has 0 N–H and O–H groups in total. The lowest BCUT2D eigenvalue weighted by Gasteiger charge is -2.18. The van der Waals surface area contributed by atoms with Gasteiger partial charge in [0.1, 0.15) is 0 Å². The second-order valence-corrected chi connectivity index (χ2v) is 10.4. The van der Waals surface area contributed by atoms with Crippen LogP contribution in [0.25, 0.3) is 0 Å². The molecule has 0 amide bonds. The predicted molar refractivity (Wildman–Crippen MR) is 114 cm³/mol. The van der Waals surface area contributed by atoms with E-state index in [1.54, 1.807) is 24.3 Å². The van der Waals surface area contributed by atoms with Gasteiger partial charge < -0.3 is 0 Å². The first-order chi connectivity index (χ1) is 13.6. The first-order valence-electron chi connectivity index (χ1n) is 8.81. The lowest BCUT2D eigenvalue weighted by Crippen LogP contribution is -2.32. The summed E-state index contributed by atoms with van der Waals surface area (Å²) in [6.07, 6.45) is 1.46. The Kier molecular flexibility index (Phi) is 7.25. The van der Waals surface area contributed by atoms with Gasteiger partial charge in [0.15, 0.2) is 0 Å². The third-order valence-corrected chi connectivity index (χ3v) is 7.67. The lowest BCUT2D eigenvalue weighted by molar-refractivity contribution is 0.477. The van der Waals surface area contributed by atoms with Crippen molar-refractivity contribution in [3.63, 3.8) is 0 Å². The number of aryl methyl sites for hydroxylation is 2. The van der Waals surface area contributed by atoms with Crippen LogP contribution in [0, 0.1) is 25.8 Å². The Hall–Kier alpha value is -2.60. The van der Waals surface area contributed by atoms with Crippen LogP contribution in [0.1, 0.15) is 11.1 Å². The number of nitrogens with zero attached hydrogens (tertiary/aromatic N) is 2. The highest BCUT2D eigenvalue weighted by molar-refractivity contribution is 7.89. The third kappa shape index (κ3) is 5.48. The highest BCUT2D eigenvalue weighted by Crippen LogP contribution is 2.17. The summed E-state index contributed by atoms with van der Waals surface area (Å²) < 4.78 is 52.9. The average molecular weight is 433 g/mol. The van der Waals surface area contributed by atoms with Crippen LogP contribution in [0.5, 0.6) is 0 Å². The zero-order valence-corrected chi connectivity index (χ0v) is 18.3. The number of hydrogen-bond donors (Lipinski definition) is 0. The Morgan fingerprint density at radius 3 is 1.76 bits per heavy atom. The maximum Gasteiger partial charge on any atom is 0.270 e. The van der Waals surface area contributed by atoms with Crippen LogP contribution in [-0.2, 0) is 20.0 Å². The minimum absolute atomic E-state index is 0.0549. The molecular formula is C21H24N2O4S2. The van der Waals surface area contributed by atoms with Crippen LogP contribution in [-0.4, -0.2) is 45.6 Å². The SMILES string of the molecule is C=CCN(CC#CN(C)S(=O)(=O)c1ccc(C)cc1)S(=O)(=O)c1ccc(C)cc1. The molecule has 0 unspecified atom stereocenters. The molecule has 0 fully saturated rings. The third-order valence-electron chi connectivity index (χ3n) is 4.16. The van der Waals surface area contributed by atoms with Crippen molar-refractivity contribution in [3.05, 3.63) is 72.3 Å². The molecule has 154 valence electrons. The van der Waals surface area contributed by atoms with Crippen molar-refractivity contribution in [1.29, 1.82) is 0 Å². The second-order valence-electron chi connectivity index (χ2n) is 6.47. The smallest absolute Gasteiger partial charge is 0.228 e. The van der Waals surface area contributed by atoms with E-state index >= 15 is 0 Å². The van der Waals surface area contributed by atoms with E-state index in [4.69, 9.17) is 0 Å². The van der Waals surface area contributed by atoms with Crippen molar-refractivity contribution in [2.45, 2.75) is 23.6 Å². The van der Waals surface area contributed by atoms with Crippen LogP contribution in [0.2, 0.25) is 0 Å². The fourth-order valence-electron chi connectivity index (χ4n) is 2.41. The van der Waals surface area contributed by atoms with E-state index in [2.05, 4.69) is 18.5 Å². The Bertz CT molecular complexity index is 1130. The van der Waals surface area contributed by atoms with E-state index in [0.29, 0.717) is 0 Å². The van der Waals surface area contributed by atoms with Gasteiger partial charge in [-0.3, -0.25) is 0 Å². The molecule has 0 saturated heterocycles. The molecule has 0 heterocycles. The average Bonchev–Trinajstić information content (AvgIpc) is 2.67. The molecule has 0 aromatic heterocycles. The summed E-state index contributed by atoms with van der Waals surface area (Å²) in [7, 11) is -6.24. The largest absolute Gasteiger partial charge is 0.270 e. The highest BCUT2D eigenvalue weighted by Gasteiger charge is 2.23. The quantitative estimate of drug-likeness (QED) is 0.383. The summed E-state index contributed by atoms with van der Waals surface area (Å²) in [4.78, 5) is 0.266. The van der Waals surface area contributed by atoms with Crippen molar-refractivity contribution >= 4 is 20.0 Å². The lowest BCUT2D eigenvalue weighted by atomic mass is 10.2. The molecule has 0 aliphatic heterocycles. The number of sulfonamides is 2. The fraction of sp³-hybridized carbons (Fsp3) is 0.238. The highest BCUT2D eigenvalue weighted by atomic mass is 32.2.